The number of hydrogen-bond donors (Lipinski definition) is 2. The number of carbonyl (C=O) groups is 2. The summed E-state index contributed by atoms with van der Waals surface area (Å²) in [7, 11) is 0. The van der Waals surface area contributed by atoms with Crippen molar-refractivity contribution in [2.75, 3.05) is 11.9 Å². The lowest BCUT2D eigenvalue weighted by molar-refractivity contribution is -0.138. The Morgan fingerprint density at radius 2 is 2.00 bits per heavy atom. The van der Waals surface area contributed by atoms with Gasteiger partial charge in [-0.15, -0.1) is 0 Å². The summed E-state index contributed by atoms with van der Waals surface area (Å²) in [6.45, 7) is 5.25. The number of nitrogens with one attached hydrogen (secondary N) is 2. The lowest BCUT2D eigenvalue weighted by atomic mass is 9.91. The van der Waals surface area contributed by atoms with Crippen LogP contribution in [0.15, 0.2) is 34.9 Å². The molecule has 2 amide bonds. The second-order valence-electron chi connectivity index (χ2n) is 6.04. The number of nitrogens with zero attached hydrogens (tertiary/aromatic N) is 1. The Kier molecular flexibility index (Phi) is 5.62. The van der Waals surface area contributed by atoms with Gasteiger partial charge in [-0.1, -0.05) is 28.9 Å². The summed E-state index contributed by atoms with van der Waals surface area (Å²) in [5, 5.41) is 9.70. The van der Waals surface area contributed by atoms with Crippen molar-refractivity contribution in [2.24, 2.45) is 5.41 Å². The van der Waals surface area contributed by atoms with E-state index < -0.39 is 11.3 Å². The third-order valence-electron chi connectivity index (χ3n) is 3.59. The fourth-order valence-electron chi connectivity index (χ4n) is 2.03. The van der Waals surface area contributed by atoms with Crippen molar-refractivity contribution < 1.29 is 14.1 Å². The Morgan fingerprint density at radius 1 is 1.25 bits per heavy atom. The number of benzene rings is 1. The summed E-state index contributed by atoms with van der Waals surface area (Å²) >= 11 is 5.93. The van der Waals surface area contributed by atoms with Crippen molar-refractivity contribution in [2.45, 2.75) is 27.2 Å². The van der Waals surface area contributed by atoms with Crippen molar-refractivity contribution in [1.82, 2.24) is 10.5 Å². The summed E-state index contributed by atoms with van der Waals surface area (Å²) < 4.78 is 4.89. The number of carbonyl (C=O) groups excluding carboxylic acids is 2. The maximum Gasteiger partial charge on any atom is 0.240 e. The van der Waals surface area contributed by atoms with Crippen molar-refractivity contribution in [1.29, 1.82) is 0 Å². The molecule has 0 unspecified atom stereocenters. The highest BCUT2D eigenvalue weighted by atomic mass is 35.5. The van der Waals surface area contributed by atoms with Crippen LogP contribution in [-0.2, 0) is 16.0 Å². The first-order chi connectivity index (χ1) is 11.3. The number of aromatic nitrogens is 1. The van der Waals surface area contributed by atoms with Crippen molar-refractivity contribution >= 4 is 29.2 Å². The largest absolute Gasteiger partial charge is 0.360 e. The lowest BCUT2D eigenvalue weighted by Crippen LogP contribution is -2.45. The molecule has 24 heavy (non-hydrogen) atoms. The molecule has 0 aliphatic heterocycles. The van der Waals surface area contributed by atoms with Crippen molar-refractivity contribution in [3.63, 3.8) is 0 Å². The van der Waals surface area contributed by atoms with Gasteiger partial charge in [0.05, 0.1) is 0 Å². The van der Waals surface area contributed by atoms with Gasteiger partial charge in [-0.05, 0) is 44.9 Å². The average molecular weight is 350 g/mol. The van der Waals surface area contributed by atoms with Gasteiger partial charge in [-0.3, -0.25) is 9.59 Å². The van der Waals surface area contributed by atoms with Crippen LogP contribution in [-0.4, -0.2) is 23.5 Å². The van der Waals surface area contributed by atoms with Crippen LogP contribution in [0, 0.1) is 12.3 Å². The standard InChI is InChI=1S/C17H20ClN3O3/c1-11-9-14(21-24-11)20-16(23)17(2,3)15(22)19-8-7-12-5-4-6-13(18)10-12/h4-6,9-10H,7-8H2,1-3H3,(H,19,22)(H,20,21,23). The second kappa shape index (κ2) is 7.49. The highest BCUT2D eigenvalue weighted by Crippen LogP contribution is 2.19. The van der Waals surface area contributed by atoms with E-state index in [0.29, 0.717) is 23.7 Å². The number of hydrogen-bond acceptors (Lipinski definition) is 4. The molecule has 2 N–H and O–H groups in total. The minimum atomic E-state index is -1.23. The zero-order valence-electron chi connectivity index (χ0n) is 13.9. The molecule has 0 saturated carbocycles. The van der Waals surface area contributed by atoms with Gasteiger partial charge in [0.15, 0.2) is 5.82 Å². The summed E-state index contributed by atoms with van der Waals surface area (Å²) in [5.74, 6) is 0.0599. The SMILES string of the molecule is Cc1cc(NC(=O)C(C)(C)C(=O)NCCc2cccc(Cl)c2)no1. The number of amides is 2. The van der Waals surface area contributed by atoms with Gasteiger partial charge >= 0.3 is 0 Å². The van der Waals surface area contributed by atoms with Gasteiger partial charge in [-0.2, -0.15) is 0 Å². The van der Waals surface area contributed by atoms with E-state index in [1.165, 1.54) is 0 Å². The average Bonchev–Trinajstić information content (AvgIpc) is 2.92. The molecule has 0 aliphatic rings. The number of rotatable bonds is 6. The van der Waals surface area contributed by atoms with E-state index in [4.69, 9.17) is 16.1 Å². The van der Waals surface area contributed by atoms with E-state index in [-0.39, 0.29) is 11.7 Å². The first kappa shape index (κ1) is 18.0. The maximum atomic E-state index is 12.3. The van der Waals surface area contributed by atoms with Crippen LogP contribution in [0.5, 0.6) is 0 Å². The highest BCUT2D eigenvalue weighted by Gasteiger charge is 2.36. The molecular weight excluding hydrogens is 330 g/mol. The van der Waals surface area contributed by atoms with E-state index in [9.17, 15) is 9.59 Å². The number of aryl methyl sites for hydroxylation is 1. The molecule has 0 bridgehead atoms. The zero-order chi connectivity index (χ0) is 17.7. The Morgan fingerprint density at radius 3 is 2.62 bits per heavy atom. The second-order valence-corrected chi connectivity index (χ2v) is 6.47. The molecule has 0 spiro atoms. The zero-order valence-corrected chi connectivity index (χ0v) is 14.6. The molecule has 128 valence electrons. The Balaban J connectivity index is 1.88. The molecule has 0 saturated heterocycles. The Bertz CT molecular complexity index is 740. The van der Waals surface area contributed by atoms with Crippen LogP contribution in [0.2, 0.25) is 5.02 Å². The molecule has 2 rings (SSSR count). The van der Waals surface area contributed by atoms with E-state index in [0.717, 1.165) is 5.56 Å². The molecule has 0 atom stereocenters. The summed E-state index contributed by atoms with van der Waals surface area (Å²) in [4.78, 5) is 24.6. The van der Waals surface area contributed by atoms with Gasteiger partial charge < -0.3 is 15.2 Å². The van der Waals surface area contributed by atoms with Crippen LogP contribution in [0.3, 0.4) is 0 Å². The molecule has 0 fully saturated rings. The van der Waals surface area contributed by atoms with Crippen LogP contribution in [0.4, 0.5) is 5.82 Å². The van der Waals surface area contributed by atoms with Gasteiger partial charge in [-0.25, -0.2) is 0 Å². The van der Waals surface area contributed by atoms with Crippen LogP contribution < -0.4 is 10.6 Å². The lowest BCUT2D eigenvalue weighted by Gasteiger charge is -2.22. The molecule has 1 aromatic heterocycles. The quantitative estimate of drug-likeness (QED) is 0.785. The first-order valence-corrected chi connectivity index (χ1v) is 7.94. The summed E-state index contributed by atoms with van der Waals surface area (Å²) in [6.07, 6.45) is 0.631. The maximum absolute atomic E-state index is 12.3. The fraction of sp³-hybridized carbons (Fsp3) is 0.353. The minimum Gasteiger partial charge on any atom is -0.360 e. The number of anilines is 1. The van der Waals surface area contributed by atoms with E-state index in [2.05, 4.69) is 15.8 Å². The summed E-state index contributed by atoms with van der Waals surface area (Å²) in [6, 6.07) is 9.02. The van der Waals surface area contributed by atoms with Gasteiger partial charge in [0, 0.05) is 17.6 Å². The smallest absolute Gasteiger partial charge is 0.240 e. The van der Waals surface area contributed by atoms with Crippen LogP contribution >= 0.6 is 11.6 Å². The van der Waals surface area contributed by atoms with Gasteiger partial charge in [0.2, 0.25) is 11.8 Å². The van der Waals surface area contributed by atoms with E-state index >= 15 is 0 Å². The van der Waals surface area contributed by atoms with E-state index in [1.54, 1.807) is 32.9 Å². The molecule has 7 heteroatoms. The predicted octanol–water partition coefficient (Wildman–Crippen LogP) is 2.96. The molecule has 2 aromatic rings. The predicted molar refractivity (Wildman–Crippen MR) is 91.8 cm³/mol. The van der Waals surface area contributed by atoms with E-state index in [1.807, 2.05) is 18.2 Å². The topological polar surface area (TPSA) is 84.2 Å². The molecule has 1 heterocycles. The minimum absolute atomic E-state index is 0.289. The third-order valence-corrected chi connectivity index (χ3v) is 3.83. The van der Waals surface area contributed by atoms with Crippen molar-refractivity contribution in [3.8, 4) is 0 Å². The highest BCUT2D eigenvalue weighted by molar-refractivity contribution is 6.30. The van der Waals surface area contributed by atoms with Crippen molar-refractivity contribution in [3.05, 3.63) is 46.7 Å². The summed E-state index contributed by atoms with van der Waals surface area (Å²) in [5.41, 5.74) is -0.218. The molecule has 6 nitrogen and oxygen atoms in total. The third kappa shape index (κ3) is 4.58. The van der Waals surface area contributed by atoms with Crippen LogP contribution in [0.25, 0.3) is 0 Å². The fourth-order valence-corrected chi connectivity index (χ4v) is 2.25. The van der Waals surface area contributed by atoms with Gasteiger partial charge in [0.1, 0.15) is 11.2 Å². The Hall–Kier alpha value is -2.34. The molecule has 0 aliphatic carbocycles. The van der Waals surface area contributed by atoms with Gasteiger partial charge in [0.25, 0.3) is 0 Å². The Labute approximate surface area is 145 Å². The molecule has 1 aromatic carbocycles. The first-order valence-electron chi connectivity index (χ1n) is 7.56. The molecule has 0 radical (unpaired) electrons. The normalized spacial score (nSPS) is 11.2. The van der Waals surface area contributed by atoms with Crippen LogP contribution in [0.1, 0.15) is 25.2 Å². The number of halogens is 1. The molecular formula is C17H20ClN3O3. The monoisotopic (exact) mass is 349 g/mol.